The first-order valence-corrected chi connectivity index (χ1v) is 13.1. The third-order valence-electron chi connectivity index (χ3n) is 7.41. The largest absolute Gasteiger partial charge is 0.379 e. The number of carbonyl (C=O) groups is 1. The van der Waals surface area contributed by atoms with Crippen molar-refractivity contribution in [2.24, 2.45) is 5.92 Å². The summed E-state index contributed by atoms with van der Waals surface area (Å²) < 4.78 is 5.60. The van der Waals surface area contributed by atoms with Gasteiger partial charge in [-0.2, -0.15) is 0 Å². The van der Waals surface area contributed by atoms with Gasteiger partial charge in [0.15, 0.2) is 0 Å². The van der Waals surface area contributed by atoms with Crippen LogP contribution >= 0.6 is 11.6 Å². The minimum absolute atomic E-state index is 0.276. The van der Waals surface area contributed by atoms with Crippen molar-refractivity contribution >= 4 is 17.5 Å². The summed E-state index contributed by atoms with van der Waals surface area (Å²) in [6, 6.07) is 8.74. The van der Waals surface area contributed by atoms with E-state index in [0.717, 1.165) is 90.0 Å². The Hall–Kier alpha value is -1.18. The fourth-order valence-corrected chi connectivity index (χ4v) is 5.34. The van der Waals surface area contributed by atoms with Gasteiger partial charge in [0, 0.05) is 63.8 Å². The van der Waals surface area contributed by atoms with Crippen LogP contribution in [0.15, 0.2) is 24.3 Å². The lowest BCUT2D eigenvalue weighted by atomic mass is 9.86. The number of halogens is 1. The number of rotatable bonds is 11. The molecule has 33 heavy (non-hydrogen) atoms. The SMILES string of the molecule is CCN(CC)CCN(C)C(=O)CC[C@H]1CN(Cc2ccc(Cl)cc2)CC[C@H]1N1CCOCC1. The van der Waals surface area contributed by atoms with Crippen molar-refractivity contribution in [1.29, 1.82) is 0 Å². The zero-order chi connectivity index (χ0) is 23.6. The van der Waals surface area contributed by atoms with Crippen molar-refractivity contribution in [3.63, 3.8) is 0 Å². The third-order valence-corrected chi connectivity index (χ3v) is 7.66. The summed E-state index contributed by atoms with van der Waals surface area (Å²) in [5.41, 5.74) is 1.30. The van der Waals surface area contributed by atoms with E-state index in [2.05, 4.69) is 40.7 Å². The maximum Gasteiger partial charge on any atom is 0.222 e. The molecule has 0 aromatic heterocycles. The second-order valence-electron chi connectivity index (χ2n) is 9.51. The van der Waals surface area contributed by atoms with Gasteiger partial charge in [0.1, 0.15) is 0 Å². The summed E-state index contributed by atoms with van der Waals surface area (Å²) >= 11 is 6.07. The molecule has 2 heterocycles. The minimum Gasteiger partial charge on any atom is -0.379 e. The molecule has 0 radical (unpaired) electrons. The van der Waals surface area contributed by atoms with E-state index in [1.807, 2.05) is 24.1 Å². The van der Waals surface area contributed by atoms with Crippen LogP contribution in [0.1, 0.15) is 38.7 Å². The molecule has 2 atom stereocenters. The molecule has 186 valence electrons. The number of likely N-dealkylation sites (tertiary alicyclic amines) is 1. The number of morpholine rings is 1. The van der Waals surface area contributed by atoms with Crippen molar-refractivity contribution in [1.82, 2.24) is 19.6 Å². The molecule has 0 bridgehead atoms. The molecule has 0 N–H and O–H groups in total. The van der Waals surface area contributed by atoms with Gasteiger partial charge in [-0.3, -0.25) is 14.6 Å². The maximum absolute atomic E-state index is 12.9. The van der Waals surface area contributed by atoms with Crippen molar-refractivity contribution in [3.8, 4) is 0 Å². The normalized spacial score (nSPS) is 22.6. The van der Waals surface area contributed by atoms with Crippen LogP contribution in [0, 0.1) is 5.92 Å². The Labute approximate surface area is 205 Å². The van der Waals surface area contributed by atoms with Crippen LogP contribution in [0.4, 0.5) is 0 Å². The molecular formula is C26H43ClN4O2. The lowest BCUT2D eigenvalue weighted by Gasteiger charge is -2.45. The quantitative estimate of drug-likeness (QED) is 0.487. The highest BCUT2D eigenvalue weighted by Crippen LogP contribution is 2.28. The molecule has 1 aromatic carbocycles. The van der Waals surface area contributed by atoms with E-state index in [-0.39, 0.29) is 5.91 Å². The number of nitrogens with zero attached hydrogens (tertiary/aromatic N) is 4. The molecule has 1 aromatic rings. The average molecular weight is 479 g/mol. The molecule has 7 heteroatoms. The maximum atomic E-state index is 12.9. The Balaban J connectivity index is 1.57. The van der Waals surface area contributed by atoms with E-state index in [0.29, 0.717) is 18.4 Å². The molecule has 0 saturated carbocycles. The van der Waals surface area contributed by atoms with E-state index in [1.54, 1.807) is 0 Å². The summed E-state index contributed by atoms with van der Waals surface area (Å²) in [6.45, 7) is 14.9. The van der Waals surface area contributed by atoms with E-state index in [1.165, 1.54) is 5.56 Å². The van der Waals surface area contributed by atoms with Gasteiger partial charge in [-0.1, -0.05) is 37.6 Å². The van der Waals surface area contributed by atoms with Crippen LogP contribution in [0.5, 0.6) is 0 Å². The first kappa shape index (κ1) is 26.4. The molecule has 0 aliphatic carbocycles. The number of hydrogen-bond donors (Lipinski definition) is 0. The van der Waals surface area contributed by atoms with Crippen molar-refractivity contribution < 1.29 is 9.53 Å². The van der Waals surface area contributed by atoms with Crippen LogP contribution in [0.25, 0.3) is 0 Å². The Morgan fingerprint density at radius 1 is 1.09 bits per heavy atom. The second kappa shape index (κ2) is 13.6. The molecule has 2 aliphatic rings. The molecule has 6 nitrogen and oxygen atoms in total. The number of amides is 1. The van der Waals surface area contributed by atoms with Gasteiger partial charge < -0.3 is 14.5 Å². The molecule has 0 spiro atoms. The van der Waals surface area contributed by atoms with Crippen LogP contribution in [0.2, 0.25) is 5.02 Å². The number of hydrogen-bond acceptors (Lipinski definition) is 5. The van der Waals surface area contributed by atoms with Gasteiger partial charge in [-0.25, -0.2) is 0 Å². The fourth-order valence-electron chi connectivity index (χ4n) is 5.22. The molecule has 0 unspecified atom stereocenters. The van der Waals surface area contributed by atoms with E-state index in [4.69, 9.17) is 16.3 Å². The Kier molecular flexibility index (Phi) is 10.9. The van der Waals surface area contributed by atoms with Crippen molar-refractivity contribution in [2.45, 2.75) is 45.7 Å². The predicted octanol–water partition coefficient (Wildman–Crippen LogP) is 3.44. The number of piperidine rings is 1. The lowest BCUT2D eigenvalue weighted by Crippen LogP contribution is -2.54. The average Bonchev–Trinajstić information content (AvgIpc) is 2.85. The van der Waals surface area contributed by atoms with Crippen molar-refractivity contribution in [3.05, 3.63) is 34.9 Å². The number of ether oxygens (including phenoxy) is 1. The topological polar surface area (TPSA) is 39.3 Å². The first-order chi connectivity index (χ1) is 16.0. The summed E-state index contributed by atoms with van der Waals surface area (Å²) in [4.78, 5) is 22.4. The summed E-state index contributed by atoms with van der Waals surface area (Å²) in [6.07, 6.45) is 2.74. The van der Waals surface area contributed by atoms with Crippen molar-refractivity contribution in [2.75, 3.05) is 72.6 Å². The number of likely N-dealkylation sites (N-methyl/N-ethyl adjacent to an activating group) is 2. The van der Waals surface area contributed by atoms with Gasteiger partial charge in [-0.05, 0) is 56.1 Å². The van der Waals surface area contributed by atoms with Crippen LogP contribution in [0.3, 0.4) is 0 Å². The molecule has 2 aliphatic heterocycles. The van der Waals surface area contributed by atoms with Gasteiger partial charge in [-0.15, -0.1) is 0 Å². The first-order valence-electron chi connectivity index (χ1n) is 12.7. The van der Waals surface area contributed by atoms with Crippen LogP contribution < -0.4 is 0 Å². The Morgan fingerprint density at radius 3 is 2.45 bits per heavy atom. The highest BCUT2D eigenvalue weighted by molar-refractivity contribution is 6.30. The van der Waals surface area contributed by atoms with E-state index < -0.39 is 0 Å². The highest BCUT2D eigenvalue weighted by Gasteiger charge is 2.34. The summed E-state index contributed by atoms with van der Waals surface area (Å²) in [5.74, 6) is 0.780. The van der Waals surface area contributed by atoms with E-state index in [9.17, 15) is 4.79 Å². The van der Waals surface area contributed by atoms with Gasteiger partial charge in [0.05, 0.1) is 13.2 Å². The Morgan fingerprint density at radius 2 is 1.79 bits per heavy atom. The second-order valence-corrected chi connectivity index (χ2v) is 9.94. The molecular weight excluding hydrogens is 436 g/mol. The minimum atomic E-state index is 0.276. The molecule has 3 rings (SSSR count). The summed E-state index contributed by atoms with van der Waals surface area (Å²) in [7, 11) is 1.96. The van der Waals surface area contributed by atoms with Gasteiger partial charge in [0.25, 0.3) is 0 Å². The molecule has 2 fully saturated rings. The molecule has 1 amide bonds. The third kappa shape index (κ3) is 8.22. The van der Waals surface area contributed by atoms with Crippen LogP contribution in [-0.4, -0.2) is 104 Å². The number of carbonyl (C=O) groups excluding carboxylic acids is 1. The van der Waals surface area contributed by atoms with E-state index >= 15 is 0 Å². The highest BCUT2D eigenvalue weighted by atomic mass is 35.5. The van der Waals surface area contributed by atoms with Gasteiger partial charge in [0.2, 0.25) is 5.91 Å². The Bertz CT molecular complexity index is 707. The summed E-state index contributed by atoms with van der Waals surface area (Å²) in [5, 5.41) is 0.784. The van der Waals surface area contributed by atoms with Gasteiger partial charge >= 0.3 is 0 Å². The zero-order valence-corrected chi connectivity index (χ0v) is 21.6. The number of benzene rings is 1. The zero-order valence-electron chi connectivity index (χ0n) is 20.8. The monoisotopic (exact) mass is 478 g/mol. The van der Waals surface area contributed by atoms with Crippen LogP contribution in [-0.2, 0) is 16.1 Å². The smallest absolute Gasteiger partial charge is 0.222 e. The predicted molar refractivity (Wildman–Crippen MR) is 136 cm³/mol. The standard InChI is InChI=1S/C26H43ClN4O2/c1-4-29(5-2)15-14-28(3)26(32)11-8-23-21-30(20-22-6-9-24(27)10-7-22)13-12-25(23)31-16-18-33-19-17-31/h6-7,9-10,23,25H,4-5,8,11-21H2,1-3H3/t23-,25+/m0/s1. The molecule has 2 saturated heterocycles. The fraction of sp³-hybridized carbons (Fsp3) is 0.731. The lowest BCUT2D eigenvalue weighted by molar-refractivity contribution is -0.130.